The van der Waals surface area contributed by atoms with E-state index in [-0.39, 0.29) is 5.82 Å². The van der Waals surface area contributed by atoms with E-state index in [0.717, 1.165) is 37.6 Å². The number of rotatable bonds is 4. The maximum Gasteiger partial charge on any atom is 0.139 e. The van der Waals surface area contributed by atoms with Crippen molar-refractivity contribution in [3.8, 4) is 11.1 Å². The molecule has 130 valence electrons. The van der Waals surface area contributed by atoms with E-state index in [1.165, 1.54) is 17.8 Å². The number of nitrogens with zero attached hydrogens (tertiary/aromatic N) is 2. The maximum atomic E-state index is 13.5. The van der Waals surface area contributed by atoms with Crippen LogP contribution in [-0.2, 0) is 0 Å². The summed E-state index contributed by atoms with van der Waals surface area (Å²) in [4.78, 5) is 11.6. The van der Waals surface area contributed by atoms with Crippen LogP contribution in [0.3, 0.4) is 0 Å². The molecule has 0 amide bonds. The van der Waals surface area contributed by atoms with Crippen LogP contribution < -0.4 is 4.90 Å². The van der Waals surface area contributed by atoms with E-state index >= 15 is 0 Å². The van der Waals surface area contributed by atoms with Crippen molar-refractivity contribution in [1.82, 2.24) is 9.97 Å². The number of aromatic nitrogens is 2. The lowest BCUT2D eigenvalue weighted by Crippen LogP contribution is -2.07. The molecule has 3 nitrogen and oxygen atoms in total. The number of aromatic amines is 1. The minimum Gasteiger partial charge on any atom is -0.378 e. The molecule has 2 aromatic carbocycles. The third kappa shape index (κ3) is 3.18. The van der Waals surface area contributed by atoms with Crippen molar-refractivity contribution < 1.29 is 4.39 Å². The van der Waals surface area contributed by atoms with E-state index in [2.05, 4.69) is 39.1 Å². The van der Waals surface area contributed by atoms with E-state index in [1.54, 1.807) is 12.1 Å². The van der Waals surface area contributed by atoms with Gasteiger partial charge in [0.1, 0.15) is 11.5 Å². The first-order valence-electron chi connectivity index (χ1n) is 8.29. The number of fused-ring (bicyclic) bond motifs is 1. The summed E-state index contributed by atoms with van der Waals surface area (Å²) in [6, 6.07) is 17.1. The highest BCUT2D eigenvalue weighted by molar-refractivity contribution is 7.99. The van der Waals surface area contributed by atoms with Gasteiger partial charge in [0, 0.05) is 47.4 Å². The maximum absolute atomic E-state index is 13.5. The number of H-pyrrole nitrogens is 1. The Morgan fingerprint density at radius 3 is 2.58 bits per heavy atom. The summed E-state index contributed by atoms with van der Waals surface area (Å²) in [5.74, 6) is -0.229. The van der Waals surface area contributed by atoms with Crippen LogP contribution in [-0.4, -0.2) is 24.1 Å². The minimum absolute atomic E-state index is 0.229. The Hall–Kier alpha value is -2.79. The van der Waals surface area contributed by atoms with Gasteiger partial charge in [-0.3, -0.25) is 0 Å². The summed E-state index contributed by atoms with van der Waals surface area (Å²) in [6.07, 6.45) is 3.75. The first kappa shape index (κ1) is 16.7. The summed E-state index contributed by atoms with van der Waals surface area (Å²) in [6.45, 7) is 0. The minimum atomic E-state index is -0.229. The molecule has 0 bridgehead atoms. The quantitative estimate of drug-likeness (QED) is 0.513. The number of hydrogen-bond acceptors (Lipinski definition) is 3. The number of hydrogen-bond donors (Lipinski definition) is 1. The summed E-state index contributed by atoms with van der Waals surface area (Å²) >= 11 is 1.54. The van der Waals surface area contributed by atoms with Crippen molar-refractivity contribution >= 4 is 28.5 Å². The van der Waals surface area contributed by atoms with E-state index in [9.17, 15) is 4.39 Å². The largest absolute Gasteiger partial charge is 0.378 e. The molecule has 0 radical (unpaired) electrons. The molecule has 2 heterocycles. The normalized spacial score (nSPS) is 11.0. The Kier molecular flexibility index (Phi) is 4.39. The molecule has 26 heavy (non-hydrogen) atoms. The first-order valence-corrected chi connectivity index (χ1v) is 9.11. The molecule has 0 fully saturated rings. The molecule has 4 rings (SSSR count). The van der Waals surface area contributed by atoms with Gasteiger partial charge in [0.25, 0.3) is 0 Å². The van der Waals surface area contributed by atoms with Gasteiger partial charge in [0.15, 0.2) is 0 Å². The van der Waals surface area contributed by atoms with Crippen LogP contribution in [0.15, 0.2) is 76.8 Å². The lowest BCUT2D eigenvalue weighted by Gasteiger charge is -2.13. The van der Waals surface area contributed by atoms with Crippen LogP contribution in [0.5, 0.6) is 0 Å². The van der Waals surface area contributed by atoms with Crippen LogP contribution in [0.4, 0.5) is 10.1 Å². The third-order valence-corrected chi connectivity index (χ3v) is 5.29. The Bertz CT molecular complexity index is 1050. The highest BCUT2D eigenvalue weighted by Gasteiger charge is 2.13. The van der Waals surface area contributed by atoms with Gasteiger partial charge in [-0.05, 0) is 47.5 Å². The molecule has 0 aliphatic heterocycles. The van der Waals surface area contributed by atoms with Gasteiger partial charge >= 0.3 is 0 Å². The van der Waals surface area contributed by atoms with Crippen molar-refractivity contribution in [3.63, 3.8) is 0 Å². The molecule has 1 N–H and O–H groups in total. The second kappa shape index (κ2) is 6.84. The molecule has 0 unspecified atom stereocenters. The summed E-state index contributed by atoms with van der Waals surface area (Å²) in [7, 11) is 4.05. The van der Waals surface area contributed by atoms with Crippen molar-refractivity contribution in [2.75, 3.05) is 19.0 Å². The molecule has 4 aromatic rings. The molecule has 0 atom stereocenters. The van der Waals surface area contributed by atoms with Gasteiger partial charge in [-0.25, -0.2) is 9.37 Å². The molecule has 5 heteroatoms. The van der Waals surface area contributed by atoms with E-state index in [4.69, 9.17) is 0 Å². The smallest absolute Gasteiger partial charge is 0.139 e. The summed E-state index contributed by atoms with van der Waals surface area (Å²) in [5.41, 5.74) is 4.23. The van der Waals surface area contributed by atoms with Crippen LogP contribution in [0.25, 0.3) is 22.2 Å². The molecule has 0 saturated carbocycles. The topological polar surface area (TPSA) is 31.9 Å². The van der Waals surface area contributed by atoms with Gasteiger partial charge in [-0.1, -0.05) is 30.0 Å². The van der Waals surface area contributed by atoms with Crippen molar-refractivity contribution in [2.45, 2.75) is 9.79 Å². The number of anilines is 1. The highest BCUT2D eigenvalue weighted by Crippen LogP contribution is 2.38. The molecular formula is C21H18FN3S. The van der Waals surface area contributed by atoms with E-state index in [1.807, 2.05) is 38.6 Å². The van der Waals surface area contributed by atoms with Crippen molar-refractivity contribution in [3.05, 3.63) is 72.8 Å². The SMILES string of the molecule is CN(C)c1ccc(-c2ccnc3[nH]cc(Sc4cccc(F)c4)c23)cc1. The standard InChI is InChI=1S/C21H18FN3S/c1-25(2)16-8-6-14(7-9-16)18-10-11-23-21-20(18)19(13-24-21)26-17-5-3-4-15(22)12-17/h3-13H,1-2H3,(H,23,24). The lowest BCUT2D eigenvalue weighted by molar-refractivity contribution is 0.624. The van der Waals surface area contributed by atoms with Gasteiger partial charge < -0.3 is 9.88 Å². The second-order valence-electron chi connectivity index (χ2n) is 6.24. The summed E-state index contributed by atoms with van der Waals surface area (Å²) in [5, 5.41) is 1.05. The molecule has 0 spiro atoms. The van der Waals surface area contributed by atoms with Crippen molar-refractivity contribution in [1.29, 1.82) is 0 Å². The van der Waals surface area contributed by atoms with Gasteiger partial charge in [0.2, 0.25) is 0 Å². The zero-order valence-electron chi connectivity index (χ0n) is 14.5. The Balaban J connectivity index is 1.79. The molecule has 0 aliphatic rings. The van der Waals surface area contributed by atoms with Gasteiger partial charge in [-0.15, -0.1) is 0 Å². The fraction of sp³-hybridized carbons (Fsp3) is 0.0952. The molecule has 0 saturated heterocycles. The predicted octanol–water partition coefficient (Wildman–Crippen LogP) is 5.59. The average Bonchev–Trinajstić information content (AvgIpc) is 3.05. The van der Waals surface area contributed by atoms with E-state index < -0.39 is 0 Å². The molecule has 0 aliphatic carbocycles. The lowest BCUT2D eigenvalue weighted by atomic mass is 10.0. The Labute approximate surface area is 155 Å². The van der Waals surface area contributed by atoms with Crippen molar-refractivity contribution in [2.24, 2.45) is 0 Å². The number of halogens is 1. The summed E-state index contributed by atoms with van der Waals surface area (Å²) < 4.78 is 13.5. The molecule has 2 aromatic heterocycles. The zero-order chi connectivity index (χ0) is 18.1. The second-order valence-corrected chi connectivity index (χ2v) is 7.35. The molecular weight excluding hydrogens is 345 g/mol. The third-order valence-electron chi connectivity index (χ3n) is 4.26. The van der Waals surface area contributed by atoms with Gasteiger partial charge in [0.05, 0.1) is 0 Å². The monoisotopic (exact) mass is 363 g/mol. The number of nitrogens with one attached hydrogen (secondary N) is 1. The van der Waals surface area contributed by atoms with Crippen LogP contribution in [0, 0.1) is 5.82 Å². The predicted molar refractivity (Wildman–Crippen MR) is 106 cm³/mol. The zero-order valence-corrected chi connectivity index (χ0v) is 15.3. The Morgan fingerprint density at radius 1 is 1.04 bits per heavy atom. The highest BCUT2D eigenvalue weighted by atomic mass is 32.2. The van der Waals surface area contributed by atoms with Crippen LogP contribution in [0.1, 0.15) is 0 Å². The number of pyridine rings is 1. The van der Waals surface area contributed by atoms with E-state index in [0.29, 0.717) is 0 Å². The Morgan fingerprint density at radius 2 is 1.85 bits per heavy atom. The fourth-order valence-electron chi connectivity index (χ4n) is 2.94. The van der Waals surface area contributed by atoms with Crippen LogP contribution in [0.2, 0.25) is 0 Å². The average molecular weight is 363 g/mol. The van der Waals surface area contributed by atoms with Gasteiger partial charge in [-0.2, -0.15) is 0 Å². The fourth-order valence-corrected chi connectivity index (χ4v) is 3.94. The number of benzene rings is 2. The van der Waals surface area contributed by atoms with Crippen LogP contribution >= 0.6 is 11.8 Å². The first-order chi connectivity index (χ1) is 12.6.